The van der Waals surface area contributed by atoms with Crippen molar-refractivity contribution in [2.24, 2.45) is 0 Å². The van der Waals surface area contributed by atoms with Gasteiger partial charge in [-0.15, -0.1) is 0 Å². The molecule has 3 aliphatic rings. The van der Waals surface area contributed by atoms with E-state index in [1.54, 1.807) is 4.81 Å². The van der Waals surface area contributed by atoms with Crippen LogP contribution in [0.1, 0.15) is 50.8 Å². The second kappa shape index (κ2) is 7.48. The van der Waals surface area contributed by atoms with Crippen LogP contribution in [0, 0.1) is 4.81 Å². The van der Waals surface area contributed by atoms with E-state index in [9.17, 15) is 0 Å². The van der Waals surface area contributed by atoms with Gasteiger partial charge in [0.25, 0.3) is 0 Å². The summed E-state index contributed by atoms with van der Waals surface area (Å²) in [5.41, 5.74) is 12.4. The van der Waals surface area contributed by atoms with Gasteiger partial charge in [-0.25, -0.2) is 0 Å². The smallest absolute Gasteiger partial charge is 0.0288 e. The number of fused-ring (bicyclic) bond motifs is 5. The molecule has 34 heavy (non-hydrogen) atoms. The third-order valence-corrected chi connectivity index (χ3v) is 9.13. The van der Waals surface area contributed by atoms with Crippen LogP contribution in [0.5, 0.6) is 0 Å². The summed E-state index contributed by atoms with van der Waals surface area (Å²) in [7, 11) is -0.716. The van der Waals surface area contributed by atoms with Crippen LogP contribution in [0.4, 0.5) is 0 Å². The normalized spacial score (nSPS) is 18.3. The molecular formula is C33H25Si. The van der Waals surface area contributed by atoms with E-state index in [0.717, 1.165) is 0 Å². The maximum absolute atomic E-state index is 3.86. The molecule has 1 radical (unpaired) electrons. The van der Waals surface area contributed by atoms with Crippen molar-refractivity contribution in [1.29, 1.82) is 0 Å². The zero-order valence-corrected chi connectivity index (χ0v) is 20.5. The summed E-state index contributed by atoms with van der Waals surface area (Å²) in [6.07, 6.45) is 13.3. The average molecular weight is 450 g/mol. The molecule has 4 aromatic rings. The Morgan fingerprint density at radius 1 is 0.647 bits per heavy atom. The first-order valence-electron chi connectivity index (χ1n) is 12.1. The maximum atomic E-state index is 3.86. The number of allylic oxidation sites excluding steroid dienone is 2. The molecule has 0 aromatic heterocycles. The minimum absolute atomic E-state index is 0.254. The molecule has 0 fully saturated rings. The summed E-state index contributed by atoms with van der Waals surface area (Å²) >= 11 is 0. The van der Waals surface area contributed by atoms with Gasteiger partial charge >= 0.3 is 0 Å². The molecule has 2 atom stereocenters. The summed E-state index contributed by atoms with van der Waals surface area (Å²) in [4.78, 5) is 1.56. The van der Waals surface area contributed by atoms with Crippen LogP contribution in [-0.4, -0.2) is 8.41 Å². The minimum atomic E-state index is -0.716. The zero-order valence-electron chi connectivity index (χ0n) is 19.5. The van der Waals surface area contributed by atoms with Crippen molar-refractivity contribution in [2.75, 3.05) is 0 Å². The first kappa shape index (κ1) is 19.9. The number of hydrogen-bond acceptors (Lipinski definition) is 0. The van der Waals surface area contributed by atoms with Crippen molar-refractivity contribution in [3.05, 3.63) is 140 Å². The fraction of sp³-hybridized carbons (Fsp3) is 0.121. The Balaban J connectivity index is 1.62. The van der Waals surface area contributed by atoms with E-state index < -0.39 is 8.41 Å². The van der Waals surface area contributed by atoms with Gasteiger partial charge in [-0.05, 0) is 66.2 Å². The summed E-state index contributed by atoms with van der Waals surface area (Å²) < 4.78 is 0. The van der Waals surface area contributed by atoms with Crippen molar-refractivity contribution >= 4 is 26.6 Å². The fourth-order valence-electron chi connectivity index (χ4n) is 6.10. The van der Waals surface area contributed by atoms with Crippen LogP contribution in [0.15, 0.2) is 91.0 Å². The van der Waals surface area contributed by atoms with Gasteiger partial charge in [0, 0.05) is 20.2 Å². The summed E-state index contributed by atoms with van der Waals surface area (Å²) in [5, 5.41) is 1.30. The highest BCUT2D eigenvalue weighted by Crippen LogP contribution is 2.44. The van der Waals surface area contributed by atoms with Gasteiger partial charge in [0.1, 0.15) is 0 Å². The molecule has 1 heteroatoms. The molecule has 0 saturated heterocycles. The third kappa shape index (κ3) is 2.80. The second-order valence-electron chi connectivity index (χ2n) is 9.78. The predicted molar refractivity (Wildman–Crippen MR) is 145 cm³/mol. The van der Waals surface area contributed by atoms with Gasteiger partial charge in [0.05, 0.1) is 0 Å². The van der Waals surface area contributed by atoms with Crippen LogP contribution in [0.3, 0.4) is 0 Å². The van der Waals surface area contributed by atoms with Gasteiger partial charge < -0.3 is 0 Å². The minimum Gasteiger partial charge on any atom is -0.0720 e. The third-order valence-electron chi connectivity index (χ3n) is 7.64. The highest BCUT2D eigenvalue weighted by atomic mass is 28.2. The molecule has 161 valence electrons. The molecule has 0 saturated carbocycles. The van der Waals surface area contributed by atoms with Gasteiger partial charge in [-0.2, -0.15) is 0 Å². The van der Waals surface area contributed by atoms with Gasteiger partial charge in [-0.3, -0.25) is 0 Å². The first-order valence-corrected chi connectivity index (χ1v) is 14.6. The van der Waals surface area contributed by atoms with Crippen molar-refractivity contribution in [3.63, 3.8) is 0 Å². The monoisotopic (exact) mass is 449 g/mol. The lowest BCUT2D eigenvalue weighted by Crippen LogP contribution is -2.20. The molecule has 0 spiro atoms. The Labute approximate surface area is 202 Å². The topological polar surface area (TPSA) is 0 Å². The Morgan fingerprint density at radius 3 is 1.91 bits per heavy atom. The first-order chi connectivity index (χ1) is 16.7. The van der Waals surface area contributed by atoms with E-state index in [4.69, 9.17) is 0 Å². The van der Waals surface area contributed by atoms with Crippen LogP contribution in [0.2, 0.25) is 13.1 Å². The van der Waals surface area contributed by atoms with Crippen molar-refractivity contribution < 1.29 is 0 Å². The standard InChI is InChI=1S/C33H25Si/c1-34(2)31-20-29-26-14-8-5-11-23(26)19-30(29)32(27-17-15-21-9-3-6-12-24(21)27)33(31)28-18-16-22-10-4-7-13-25(22)28/h3-18,20,27-28H,1-2H3. The van der Waals surface area contributed by atoms with Gasteiger partial charge in [0.15, 0.2) is 0 Å². The van der Waals surface area contributed by atoms with E-state index in [2.05, 4.69) is 122 Å². The molecule has 4 aromatic carbocycles. The van der Waals surface area contributed by atoms with E-state index in [1.807, 2.05) is 0 Å². The highest BCUT2D eigenvalue weighted by Gasteiger charge is 2.31. The van der Waals surface area contributed by atoms with Crippen molar-refractivity contribution in [1.82, 2.24) is 0 Å². The summed E-state index contributed by atoms with van der Waals surface area (Å²) in [6.45, 7) is 4.88. The van der Waals surface area contributed by atoms with Crippen LogP contribution < -0.4 is 5.22 Å². The Hall–Kier alpha value is -3.55. The Bertz CT molecular complexity index is 1680. The molecule has 7 rings (SSSR count). The molecule has 0 amide bonds. The molecule has 0 bridgehead atoms. The second-order valence-corrected chi connectivity index (χ2v) is 12.3. The summed E-state index contributed by atoms with van der Waals surface area (Å²) in [6, 6.07) is 29.1. The fourth-order valence-corrected chi connectivity index (χ4v) is 7.36. The number of hydrogen-bond donors (Lipinski definition) is 0. The quantitative estimate of drug-likeness (QED) is 0.248. The Morgan fingerprint density at radius 2 is 1.24 bits per heavy atom. The van der Waals surface area contributed by atoms with E-state index in [1.165, 1.54) is 55.3 Å². The molecule has 0 aliphatic heterocycles. The largest absolute Gasteiger partial charge is 0.0720 e. The van der Waals surface area contributed by atoms with Crippen LogP contribution >= 0.6 is 0 Å². The van der Waals surface area contributed by atoms with Gasteiger partial charge in [-0.1, -0.05) is 116 Å². The van der Waals surface area contributed by atoms with E-state index >= 15 is 0 Å². The molecule has 3 aliphatic carbocycles. The highest BCUT2D eigenvalue weighted by molar-refractivity contribution is 6.47. The van der Waals surface area contributed by atoms with E-state index in [0.29, 0.717) is 0 Å². The van der Waals surface area contributed by atoms with E-state index in [-0.39, 0.29) is 11.8 Å². The SMILES string of the molecule is C[Si](C)=c1cc2c(c(C3C=Cc4ccccc43)c1C1C=Cc3ccccc31)=[C]c1ccccc1-2. The number of rotatable bonds is 2. The zero-order chi connectivity index (χ0) is 22.8. The number of benzene rings is 4. The Kier molecular flexibility index (Phi) is 4.37. The molecule has 0 N–H and O–H groups in total. The van der Waals surface area contributed by atoms with Crippen LogP contribution in [-0.2, 0) is 0 Å². The predicted octanol–water partition coefficient (Wildman–Crippen LogP) is 7.28. The molecule has 0 nitrogen and oxygen atoms in total. The van der Waals surface area contributed by atoms with Crippen molar-refractivity contribution in [3.8, 4) is 11.1 Å². The lowest BCUT2D eigenvalue weighted by molar-refractivity contribution is 0.942. The molecule has 2 unspecified atom stereocenters. The average Bonchev–Trinajstić information content (AvgIpc) is 3.57. The molecular weight excluding hydrogens is 424 g/mol. The van der Waals surface area contributed by atoms with Crippen molar-refractivity contribution in [2.45, 2.75) is 24.9 Å². The summed E-state index contributed by atoms with van der Waals surface area (Å²) in [5.74, 6) is 0.544. The lowest BCUT2D eigenvalue weighted by atomic mass is 9.80. The van der Waals surface area contributed by atoms with Gasteiger partial charge in [0.2, 0.25) is 0 Å². The lowest BCUT2D eigenvalue weighted by Gasteiger charge is -2.24. The maximum Gasteiger partial charge on any atom is 0.0288 e. The van der Waals surface area contributed by atoms with Crippen LogP contribution in [0.25, 0.3) is 29.4 Å². The molecule has 0 heterocycles.